The van der Waals surface area contributed by atoms with E-state index >= 15 is 0 Å². The van der Waals surface area contributed by atoms with E-state index in [0.717, 1.165) is 51.1 Å². The fourth-order valence-electron chi connectivity index (χ4n) is 4.61. The van der Waals surface area contributed by atoms with Crippen LogP contribution in [0.25, 0.3) is 11.2 Å². The minimum Gasteiger partial charge on any atom is -0.312 e. The second-order valence-electron chi connectivity index (χ2n) is 8.14. The first kappa shape index (κ1) is 20.0. The zero-order chi connectivity index (χ0) is 21.2. The molecule has 3 aromatic heterocycles. The summed E-state index contributed by atoms with van der Waals surface area (Å²) in [6, 6.07) is 5.97. The van der Waals surface area contributed by atoms with Crippen molar-refractivity contribution in [1.29, 1.82) is 0 Å². The highest BCUT2D eigenvalue weighted by molar-refractivity contribution is 5.72. The van der Waals surface area contributed by atoms with Crippen LogP contribution >= 0.6 is 0 Å². The third kappa shape index (κ3) is 3.79. The summed E-state index contributed by atoms with van der Waals surface area (Å²) >= 11 is 0. The summed E-state index contributed by atoms with van der Waals surface area (Å²) in [4.78, 5) is 34.0. The number of pyridine rings is 1. The first-order valence-electron chi connectivity index (χ1n) is 11.2. The number of anilines is 2. The molecule has 0 spiro atoms. The molecule has 1 saturated carbocycles. The lowest BCUT2D eigenvalue weighted by atomic mass is 10.2. The quantitative estimate of drug-likeness (QED) is 0.646. The first-order chi connectivity index (χ1) is 15.3. The summed E-state index contributed by atoms with van der Waals surface area (Å²) in [7, 11) is 0. The van der Waals surface area contributed by atoms with Crippen molar-refractivity contribution in [2.75, 3.05) is 24.5 Å². The third-order valence-corrected chi connectivity index (χ3v) is 6.15. The van der Waals surface area contributed by atoms with Gasteiger partial charge in [0, 0.05) is 31.9 Å². The number of hydrogen-bond donors (Lipinski definition) is 2. The van der Waals surface area contributed by atoms with Crippen molar-refractivity contribution in [3.63, 3.8) is 0 Å². The van der Waals surface area contributed by atoms with Gasteiger partial charge in [0.25, 0.3) is 5.56 Å². The second-order valence-corrected chi connectivity index (χ2v) is 8.14. The number of hydrogen-bond acceptors (Lipinski definition) is 8. The van der Waals surface area contributed by atoms with Crippen LogP contribution in [-0.2, 0) is 6.42 Å². The molecule has 1 saturated heterocycles. The molecule has 0 radical (unpaired) electrons. The van der Waals surface area contributed by atoms with Gasteiger partial charge >= 0.3 is 0 Å². The summed E-state index contributed by atoms with van der Waals surface area (Å²) in [6.07, 6.45) is 8.34. The Morgan fingerprint density at radius 1 is 1.16 bits per heavy atom. The molecule has 0 amide bonds. The standard InChI is InChI=1S/C22H28N8O/c1-2-16-21(31)29(15-7-3-4-8-15)20-17(27-16)13-26-22(28-20)30(18-9-5-6-10-24-18)19-14-23-11-12-25-19/h5-6,9-10,13,15,19,23,25H,2-4,7-8,11-12,14H2,1H3. The molecule has 1 unspecified atom stereocenters. The van der Waals surface area contributed by atoms with Crippen LogP contribution in [0.3, 0.4) is 0 Å². The predicted octanol–water partition coefficient (Wildman–Crippen LogP) is 1.92. The molecule has 3 aromatic rings. The summed E-state index contributed by atoms with van der Waals surface area (Å²) in [5.74, 6) is 1.28. The number of nitrogens with one attached hydrogen (secondary N) is 2. The van der Waals surface area contributed by atoms with E-state index in [1.165, 1.54) is 0 Å². The van der Waals surface area contributed by atoms with Gasteiger partial charge in [-0.15, -0.1) is 0 Å². The maximum atomic E-state index is 13.2. The number of fused-ring (bicyclic) bond motifs is 1. The van der Waals surface area contributed by atoms with E-state index < -0.39 is 0 Å². The lowest BCUT2D eigenvalue weighted by Crippen LogP contribution is -2.56. The normalized spacial score (nSPS) is 19.7. The number of rotatable bonds is 5. The van der Waals surface area contributed by atoms with Crippen LogP contribution in [0.4, 0.5) is 11.8 Å². The Bertz CT molecular complexity index is 1100. The highest BCUT2D eigenvalue weighted by Crippen LogP contribution is 2.31. The molecule has 2 fully saturated rings. The average molecular weight is 421 g/mol. The second kappa shape index (κ2) is 8.68. The monoisotopic (exact) mass is 420 g/mol. The van der Waals surface area contributed by atoms with Crippen molar-refractivity contribution in [1.82, 2.24) is 35.1 Å². The van der Waals surface area contributed by atoms with Crippen molar-refractivity contribution < 1.29 is 0 Å². The SMILES string of the molecule is CCc1nc2cnc(N(c3ccccn3)C3CNCCN3)nc2n(C2CCCC2)c1=O. The zero-order valence-corrected chi connectivity index (χ0v) is 17.8. The molecule has 2 N–H and O–H groups in total. The van der Waals surface area contributed by atoms with E-state index in [9.17, 15) is 4.79 Å². The minimum absolute atomic E-state index is 0.0200. The van der Waals surface area contributed by atoms with Gasteiger partial charge in [0.1, 0.15) is 23.2 Å². The summed E-state index contributed by atoms with van der Waals surface area (Å²) in [6.45, 7) is 4.46. The fourth-order valence-corrected chi connectivity index (χ4v) is 4.61. The van der Waals surface area contributed by atoms with Crippen molar-refractivity contribution >= 4 is 22.9 Å². The lowest BCUT2D eigenvalue weighted by molar-refractivity contribution is 0.418. The predicted molar refractivity (Wildman–Crippen MR) is 120 cm³/mol. The topological polar surface area (TPSA) is 101 Å². The average Bonchev–Trinajstić information content (AvgIpc) is 3.35. The summed E-state index contributed by atoms with van der Waals surface area (Å²) < 4.78 is 1.88. The summed E-state index contributed by atoms with van der Waals surface area (Å²) in [5.41, 5.74) is 1.84. The van der Waals surface area contributed by atoms with Crippen molar-refractivity contribution in [3.8, 4) is 0 Å². The Morgan fingerprint density at radius 3 is 2.74 bits per heavy atom. The molecular weight excluding hydrogens is 392 g/mol. The largest absolute Gasteiger partial charge is 0.312 e. The van der Waals surface area contributed by atoms with Crippen LogP contribution in [0.15, 0.2) is 35.4 Å². The number of aryl methyl sites for hydroxylation is 1. The van der Waals surface area contributed by atoms with Gasteiger partial charge in [0.15, 0.2) is 5.65 Å². The Morgan fingerprint density at radius 2 is 2.03 bits per heavy atom. The van der Waals surface area contributed by atoms with E-state index in [0.29, 0.717) is 29.2 Å². The molecule has 0 bridgehead atoms. The van der Waals surface area contributed by atoms with Gasteiger partial charge < -0.3 is 5.32 Å². The fraction of sp³-hybridized carbons (Fsp3) is 0.500. The molecule has 31 heavy (non-hydrogen) atoms. The number of aromatic nitrogens is 5. The van der Waals surface area contributed by atoms with Crippen molar-refractivity contribution in [3.05, 3.63) is 46.6 Å². The molecule has 9 heteroatoms. The summed E-state index contributed by atoms with van der Waals surface area (Å²) in [5, 5.41) is 6.94. The Labute approximate surface area is 181 Å². The number of nitrogens with zero attached hydrogens (tertiary/aromatic N) is 6. The Hall–Kier alpha value is -2.91. The van der Waals surface area contributed by atoms with E-state index in [1.807, 2.05) is 34.6 Å². The highest BCUT2D eigenvalue weighted by atomic mass is 16.1. The van der Waals surface area contributed by atoms with Gasteiger partial charge in [-0.3, -0.25) is 19.6 Å². The van der Waals surface area contributed by atoms with Gasteiger partial charge in [0.2, 0.25) is 5.95 Å². The van der Waals surface area contributed by atoms with Gasteiger partial charge in [-0.1, -0.05) is 25.8 Å². The molecule has 4 heterocycles. The first-order valence-corrected chi connectivity index (χ1v) is 11.2. The minimum atomic E-state index is -0.0457. The van der Waals surface area contributed by atoms with Gasteiger partial charge in [-0.2, -0.15) is 4.98 Å². The molecule has 9 nitrogen and oxygen atoms in total. The van der Waals surface area contributed by atoms with Crippen LogP contribution in [0.2, 0.25) is 0 Å². The maximum Gasteiger partial charge on any atom is 0.274 e. The van der Waals surface area contributed by atoms with Crippen LogP contribution in [-0.4, -0.2) is 50.3 Å². The van der Waals surface area contributed by atoms with Crippen LogP contribution < -0.4 is 21.1 Å². The maximum absolute atomic E-state index is 13.2. The van der Waals surface area contributed by atoms with E-state index in [1.54, 1.807) is 12.4 Å². The highest BCUT2D eigenvalue weighted by Gasteiger charge is 2.28. The smallest absolute Gasteiger partial charge is 0.274 e. The molecule has 1 atom stereocenters. The van der Waals surface area contributed by atoms with Crippen molar-refractivity contribution in [2.45, 2.75) is 51.2 Å². The van der Waals surface area contributed by atoms with E-state index in [2.05, 4.69) is 25.6 Å². The van der Waals surface area contributed by atoms with Gasteiger partial charge in [-0.25, -0.2) is 15.0 Å². The van der Waals surface area contributed by atoms with E-state index in [4.69, 9.17) is 4.98 Å². The molecule has 2 aliphatic rings. The molecular formula is C22H28N8O. The van der Waals surface area contributed by atoms with Crippen LogP contribution in [0.1, 0.15) is 44.3 Å². The third-order valence-electron chi connectivity index (χ3n) is 6.15. The van der Waals surface area contributed by atoms with Gasteiger partial charge in [0.05, 0.1) is 6.20 Å². The lowest BCUT2D eigenvalue weighted by Gasteiger charge is -2.34. The molecule has 5 rings (SSSR count). The zero-order valence-electron chi connectivity index (χ0n) is 17.8. The van der Waals surface area contributed by atoms with Crippen molar-refractivity contribution in [2.24, 2.45) is 0 Å². The van der Waals surface area contributed by atoms with Crippen LogP contribution in [0, 0.1) is 0 Å². The van der Waals surface area contributed by atoms with E-state index in [-0.39, 0.29) is 17.8 Å². The number of piperazine rings is 1. The molecule has 1 aliphatic carbocycles. The molecule has 0 aromatic carbocycles. The Balaban J connectivity index is 1.68. The molecule has 1 aliphatic heterocycles. The molecule has 162 valence electrons. The van der Waals surface area contributed by atoms with Crippen LogP contribution in [0.5, 0.6) is 0 Å². The Kier molecular flexibility index (Phi) is 5.61. The van der Waals surface area contributed by atoms with Gasteiger partial charge in [-0.05, 0) is 31.4 Å².